The Morgan fingerprint density at radius 2 is 1.69 bits per heavy atom. The van der Waals surface area contributed by atoms with Gasteiger partial charge in [-0.1, -0.05) is 12.1 Å². The number of carbonyl (C=O) groups is 2. The lowest BCUT2D eigenvalue weighted by Crippen LogP contribution is -2.47. The third kappa shape index (κ3) is 4.94. The molecule has 0 radical (unpaired) electrons. The molecule has 0 saturated carbocycles. The van der Waals surface area contributed by atoms with Crippen LogP contribution in [0.1, 0.15) is 17.5 Å². The summed E-state index contributed by atoms with van der Waals surface area (Å²) in [4.78, 5) is 44.8. The average molecular weight is 472 g/mol. The van der Waals surface area contributed by atoms with Crippen LogP contribution in [-0.2, 0) is 9.59 Å². The van der Waals surface area contributed by atoms with Crippen LogP contribution in [0, 0.1) is 19.8 Å². The Hall–Kier alpha value is -4.01. The number of aryl methyl sites for hydroxylation is 2. The summed E-state index contributed by atoms with van der Waals surface area (Å²) in [7, 11) is 0. The first kappa shape index (κ1) is 22.8. The molecular formula is C26H29N7O2. The molecule has 0 bridgehead atoms. The van der Waals surface area contributed by atoms with Crippen LogP contribution < -0.4 is 20.0 Å². The van der Waals surface area contributed by atoms with Crippen LogP contribution in [0.5, 0.6) is 0 Å². The third-order valence-corrected chi connectivity index (χ3v) is 6.74. The molecule has 180 valence electrons. The maximum absolute atomic E-state index is 12.8. The van der Waals surface area contributed by atoms with Gasteiger partial charge in [0.15, 0.2) is 0 Å². The van der Waals surface area contributed by atoms with Crippen LogP contribution in [0.2, 0.25) is 0 Å². The summed E-state index contributed by atoms with van der Waals surface area (Å²) in [5.41, 5.74) is 3.67. The van der Waals surface area contributed by atoms with Gasteiger partial charge in [0.05, 0.1) is 24.0 Å². The van der Waals surface area contributed by atoms with Crippen LogP contribution in [0.4, 0.5) is 23.1 Å². The molecule has 2 aliphatic rings. The molecule has 2 fully saturated rings. The van der Waals surface area contributed by atoms with Gasteiger partial charge in [0.25, 0.3) is 0 Å². The predicted octanol–water partition coefficient (Wildman–Crippen LogP) is 2.81. The summed E-state index contributed by atoms with van der Waals surface area (Å²) in [5.74, 6) is 0.978. The number of rotatable bonds is 5. The fraction of sp³-hybridized carbons (Fsp3) is 0.346. The molecule has 2 amide bonds. The van der Waals surface area contributed by atoms with Crippen molar-refractivity contribution in [2.75, 3.05) is 52.7 Å². The maximum Gasteiger partial charge on any atom is 0.229 e. The maximum atomic E-state index is 12.8. The lowest BCUT2D eigenvalue weighted by atomic mass is 10.1. The number of benzene rings is 1. The minimum atomic E-state index is -0.413. The quantitative estimate of drug-likeness (QED) is 0.611. The van der Waals surface area contributed by atoms with Gasteiger partial charge in [0.2, 0.25) is 17.8 Å². The molecule has 9 nitrogen and oxygen atoms in total. The molecule has 1 atom stereocenters. The van der Waals surface area contributed by atoms with E-state index >= 15 is 0 Å². The zero-order chi connectivity index (χ0) is 24.4. The van der Waals surface area contributed by atoms with Gasteiger partial charge < -0.3 is 20.0 Å². The number of aromatic nitrogens is 3. The van der Waals surface area contributed by atoms with E-state index in [0.717, 1.165) is 43.2 Å². The monoisotopic (exact) mass is 471 g/mol. The molecule has 0 aliphatic carbocycles. The van der Waals surface area contributed by atoms with Crippen LogP contribution in [0.3, 0.4) is 0 Å². The van der Waals surface area contributed by atoms with Crippen LogP contribution in [0.15, 0.2) is 55.0 Å². The van der Waals surface area contributed by atoms with E-state index in [0.29, 0.717) is 18.2 Å². The Balaban J connectivity index is 1.16. The lowest BCUT2D eigenvalue weighted by molar-refractivity contribution is -0.122. The largest absolute Gasteiger partial charge is 0.353 e. The number of nitrogens with one attached hydrogen (secondary N) is 1. The molecule has 1 aromatic carbocycles. The van der Waals surface area contributed by atoms with Gasteiger partial charge in [-0.25, -0.2) is 15.0 Å². The SMILES string of the molecule is Cc1ccc(N2CC(C(=O)Nc3cnc(N4CCN(c5ccccn5)CC4)nc3)CC2=O)cc1C. The van der Waals surface area contributed by atoms with Crippen molar-refractivity contribution in [3.63, 3.8) is 0 Å². The highest BCUT2D eigenvalue weighted by atomic mass is 16.2. The topological polar surface area (TPSA) is 94.6 Å². The Kier molecular flexibility index (Phi) is 6.31. The van der Waals surface area contributed by atoms with Gasteiger partial charge in [-0.3, -0.25) is 9.59 Å². The molecule has 35 heavy (non-hydrogen) atoms. The molecule has 2 aromatic heterocycles. The van der Waals surface area contributed by atoms with Crippen molar-refractivity contribution in [3.8, 4) is 0 Å². The summed E-state index contributed by atoms with van der Waals surface area (Å²) in [6, 6.07) is 11.9. The van der Waals surface area contributed by atoms with Crippen molar-refractivity contribution in [1.29, 1.82) is 0 Å². The average Bonchev–Trinajstić information content (AvgIpc) is 3.28. The van der Waals surface area contributed by atoms with Crippen molar-refractivity contribution in [1.82, 2.24) is 15.0 Å². The number of pyridine rings is 1. The van der Waals surface area contributed by atoms with Crippen LogP contribution in [0.25, 0.3) is 0 Å². The highest BCUT2D eigenvalue weighted by Gasteiger charge is 2.35. The van der Waals surface area contributed by atoms with Gasteiger partial charge in [0.1, 0.15) is 5.82 Å². The Bertz CT molecular complexity index is 1210. The van der Waals surface area contributed by atoms with Crippen LogP contribution >= 0.6 is 0 Å². The zero-order valence-corrected chi connectivity index (χ0v) is 20.0. The predicted molar refractivity (Wildman–Crippen MR) is 136 cm³/mol. The summed E-state index contributed by atoms with van der Waals surface area (Å²) >= 11 is 0. The summed E-state index contributed by atoms with van der Waals surface area (Å²) in [5, 5.41) is 2.88. The van der Waals surface area contributed by atoms with E-state index in [-0.39, 0.29) is 18.2 Å². The Labute approximate surface area is 204 Å². The molecular weight excluding hydrogens is 442 g/mol. The zero-order valence-electron chi connectivity index (χ0n) is 20.0. The standard InChI is InChI=1S/C26H29N7O2/c1-18-6-7-22(13-19(18)2)33-17-20(14-24(33)34)25(35)30-21-15-28-26(29-16-21)32-11-9-31(10-12-32)23-5-3-4-8-27-23/h3-8,13,15-16,20H,9-12,14,17H2,1-2H3,(H,30,35). The Morgan fingerprint density at radius 1 is 0.943 bits per heavy atom. The summed E-state index contributed by atoms with van der Waals surface area (Å²) in [6.45, 7) is 7.69. The van der Waals surface area contributed by atoms with Crippen molar-refractivity contribution in [2.24, 2.45) is 5.92 Å². The first-order chi connectivity index (χ1) is 17.0. The Morgan fingerprint density at radius 3 is 2.37 bits per heavy atom. The van der Waals surface area contributed by atoms with Gasteiger partial charge in [-0.15, -0.1) is 0 Å². The molecule has 1 N–H and O–H groups in total. The highest BCUT2D eigenvalue weighted by Crippen LogP contribution is 2.27. The fourth-order valence-corrected chi connectivity index (χ4v) is 4.50. The number of hydrogen-bond donors (Lipinski definition) is 1. The molecule has 1 unspecified atom stereocenters. The molecule has 3 aromatic rings. The first-order valence-electron chi connectivity index (χ1n) is 11.9. The van der Waals surface area contributed by atoms with Crippen molar-refractivity contribution in [2.45, 2.75) is 20.3 Å². The van der Waals surface area contributed by atoms with Crippen molar-refractivity contribution in [3.05, 3.63) is 66.1 Å². The minimum absolute atomic E-state index is 0.0372. The molecule has 4 heterocycles. The third-order valence-electron chi connectivity index (χ3n) is 6.74. The van der Waals surface area contributed by atoms with E-state index in [9.17, 15) is 9.59 Å². The molecule has 9 heteroatoms. The number of anilines is 4. The van der Waals surface area contributed by atoms with E-state index in [2.05, 4.69) is 30.1 Å². The normalized spacial score (nSPS) is 18.2. The summed E-state index contributed by atoms with van der Waals surface area (Å²) in [6.07, 6.45) is 5.25. The molecule has 2 saturated heterocycles. The van der Waals surface area contributed by atoms with Gasteiger partial charge >= 0.3 is 0 Å². The van der Waals surface area contributed by atoms with Gasteiger partial charge in [-0.2, -0.15) is 0 Å². The van der Waals surface area contributed by atoms with Crippen LogP contribution in [-0.4, -0.2) is 59.5 Å². The lowest BCUT2D eigenvalue weighted by Gasteiger charge is -2.35. The summed E-state index contributed by atoms with van der Waals surface area (Å²) < 4.78 is 0. The molecule has 5 rings (SSSR count). The second-order valence-corrected chi connectivity index (χ2v) is 9.10. The van der Waals surface area contributed by atoms with Gasteiger partial charge in [-0.05, 0) is 49.2 Å². The van der Waals surface area contributed by atoms with E-state index in [4.69, 9.17) is 0 Å². The number of piperazine rings is 1. The van der Waals surface area contributed by atoms with E-state index in [1.807, 2.05) is 50.2 Å². The van der Waals surface area contributed by atoms with Crippen molar-refractivity contribution >= 4 is 35.0 Å². The molecule has 2 aliphatic heterocycles. The number of hydrogen-bond acceptors (Lipinski definition) is 7. The highest BCUT2D eigenvalue weighted by molar-refractivity contribution is 6.03. The second kappa shape index (κ2) is 9.69. The first-order valence-corrected chi connectivity index (χ1v) is 11.9. The van der Waals surface area contributed by atoms with Gasteiger partial charge in [0, 0.05) is 51.0 Å². The number of amides is 2. The fourth-order valence-electron chi connectivity index (χ4n) is 4.50. The van der Waals surface area contributed by atoms with E-state index in [1.54, 1.807) is 23.5 Å². The van der Waals surface area contributed by atoms with E-state index < -0.39 is 5.92 Å². The number of nitrogens with zero attached hydrogens (tertiary/aromatic N) is 6. The second-order valence-electron chi connectivity index (χ2n) is 9.10. The number of carbonyl (C=O) groups excluding carboxylic acids is 2. The molecule has 0 spiro atoms. The van der Waals surface area contributed by atoms with Crippen molar-refractivity contribution < 1.29 is 9.59 Å². The van der Waals surface area contributed by atoms with E-state index in [1.165, 1.54) is 5.56 Å². The minimum Gasteiger partial charge on any atom is -0.353 e. The smallest absolute Gasteiger partial charge is 0.229 e.